The molecule has 2 aromatic heterocycles. The third kappa shape index (κ3) is 1.53. The van der Waals surface area contributed by atoms with Gasteiger partial charge in [0.1, 0.15) is 0 Å². The van der Waals surface area contributed by atoms with Gasteiger partial charge >= 0.3 is 0 Å². The van der Waals surface area contributed by atoms with Gasteiger partial charge in [-0.15, -0.1) is 5.10 Å². The number of hydrogen-bond acceptors (Lipinski definition) is 3. The summed E-state index contributed by atoms with van der Waals surface area (Å²) in [5, 5.41) is 4.21. The Labute approximate surface area is 96.5 Å². The van der Waals surface area contributed by atoms with Crippen LogP contribution in [0.5, 0.6) is 0 Å². The molecule has 0 fully saturated rings. The molecule has 0 saturated carbocycles. The van der Waals surface area contributed by atoms with Crippen LogP contribution in [-0.4, -0.2) is 19.6 Å². The molecule has 1 aromatic carbocycles. The first-order valence-electron chi connectivity index (χ1n) is 4.76. The van der Waals surface area contributed by atoms with Gasteiger partial charge in [0.15, 0.2) is 0 Å². The Morgan fingerprint density at radius 3 is 2.69 bits per heavy atom. The lowest BCUT2D eigenvalue weighted by molar-refractivity contribution is 0.941. The van der Waals surface area contributed by atoms with Gasteiger partial charge in [-0.3, -0.25) is 0 Å². The van der Waals surface area contributed by atoms with Crippen LogP contribution in [0.4, 0.5) is 0 Å². The molecule has 4 nitrogen and oxygen atoms in total. The third-order valence-electron chi connectivity index (χ3n) is 2.28. The standard InChI is InChI=1S/C11H7ClN4/c12-10-14-11-13-6-9(7-16(11)15-10)8-4-2-1-3-5-8/h1-7H. The van der Waals surface area contributed by atoms with Gasteiger partial charge in [-0.2, -0.15) is 4.98 Å². The highest BCUT2D eigenvalue weighted by Gasteiger charge is 2.04. The molecule has 0 spiro atoms. The van der Waals surface area contributed by atoms with Crippen LogP contribution < -0.4 is 0 Å². The summed E-state index contributed by atoms with van der Waals surface area (Å²) in [4.78, 5) is 8.14. The minimum atomic E-state index is 0.206. The molecule has 3 aromatic rings. The molecule has 0 aliphatic rings. The Morgan fingerprint density at radius 1 is 1.06 bits per heavy atom. The fraction of sp³-hybridized carbons (Fsp3) is 0. The molecule has 0 radical (unpaired) electrons. The largest absolute Gasteiger partial charge is 0.253 e. The summed E-state index contributed by atoms with van der Waals surface area (Å²) < 4.78 is 1.57. The smallest absolute Gasteiger partial charge is 0.219 e. The quantitative estimate of drug-likeness (QED) is 0.645. The van der Waals surface area contributed by atoms with Crippen LogP contribution in [0.15, 0.2) is 42.7 Å². The number of halogens is 1. The van der Waals surface area contributed by atoms with E-state index >= 15 is 0 Å². The lowest BCUT2D eigenvalue weighted by Crippen LogP contribution is -1.91. The van der Waals surface area contributed by atoms with E-state index in [9.17, 15) is 0 Å². The molecule has 0 bridgehead atoms. The van der Waals surface area contributed by atoms with E-state index in [0.717, 1.165) is 11.1 Å². The van der Waals surface area contributed by atoms with Crippen LogP contribution in [-0.2, 0) is 0 Å². The first kappa shape index (κ1) is 9.30. The van der Waals surface area contributed by atoms with Gasteiger partial charge in [-0.1, -0.05) is 30.3 Å². The van der Waals surface area contributed by atoms with Crippen LogP contribution >= 0.6 is 11.6 Å². The summed E-state index contributed by atoms with van der Waals surface area (Å²) in [6.07, 6.45) is 3.62. The zero-order chi connectivity index (χ0) is 11.0. The lowest BCUT2D eigenvalue weighted by Gasteiger charge is -2.00. The second-order valence-electron chi connectivity index (χ2n) is 3.33. The van der Waals surface area contributed by atoms with E-state index in [1.165, 1.54) is 0 Å². The summed E-state index contributed by atoms with van der Waals surface area (Å²) in [5.74, 6) is 0.504. The van der Waals surface area contributed by atoms with Crippen molar-refractivity contribution in [3.05, 3.63) is 48.0 Å². The molecule has 0 aliphatic carbocycles. The summed E-state index contributed by atoms with van der Waals surface area (Å²) in [6, 6.07) is 9.96. The highest BCUT2D eigenvalue weighted by atomic mass is 35.5. The zero-order valence-electron chi connectivity index (χ0n) is 8.21. The molecular formula is C11H7ClN4. The van der Waals surface area contributed by atoms with E-state index < -0.39 is 0 Å². The van der Waals surface area contributed by atoms with Crippen molar-refractivity contribution in [2.45, 2.75) is 0 Å². The SMILES string of the molecule is Clc1nc2ncc(-c3ccccc3)cn2n1. The second-order valence-corrected chi connectivity index (χ2v) is 3.67. The van der Waals surface area contributed by atoms with Gasteiger partial charge in [0.2, 0.25) is 5.28 Å². The monoisotopic (exact) mass is 230 g/mol. The molecule has 0 unspecified atom stereocenters. The van der Waals surface area contributed by atoms with E-state index in [2.05, 4.69) is 15.1 Å². The van der Waals surface area contributed by atoms with Crippen LogP contribution in [0.3, 0.4) is 0 Å². The second kappa shape index (κ2) is 3.57. The van der Waals surface area contributed by atoms with Gasteiger partial charge in [0.05, 0.1) is 0 Å². The topological polar surface area (TPSA) is 43.1 Å². The Balaban J connectivity index is 2.18. The summed E-state index contributed by atoms with van der Waals surface area (Å²) in [6.45, 7) is 0. The molecule has 0 atom stereocenters. The third-order valence-corrected chi connectivity index (χ3v) is 2.44. The van der Waals surface area contributed by atoms with Crippen molar-refractivity contribution in [3.8, 4) is 11.1 Å². The first-order chi connectivity index (χ1) is 7.83. The Hall–Kier alpha value is -1.94. The zero-order valence-corrected chi connectivity index (χ0v) is 8.96. The number of rotatable bonds is 1. The van der Waals surface area contributed by atoms with Crippen LogP contribution in [0, 0.1) is 0 Å². The van der Waals surface area contributed by atoms with E-state index in [-0.39, 0.29) is 5.28 Å². The van der Waals surface area contributed by atoms with E-state index in [0.29, 0.717) is 5.78 Å². The highest BCUT2D eigenvalue weighted by Crippen LogP contribution is 2.17. The molecule has 78 valence electrons. The van der Waals surface area contributed by atoms with Crippen molar-refractivity contribution in [3.63, 3.8) is 0 Å². The molecule has 0 saturated heterocycles. The van der Waals surface area contributed by atoms with Gasteiger partial charge in [0.25, 0.3) is 5.78 Å². The number of hydrogen-bond donors (Lipinski definition) is 0. The fourth-order valence-corrected chi connectivity index (χ4v) is 1.69. The van der Waals surface area contributed by atoms with Crippen molar-refractivity contribution in [2.75, 3.05) is 0 Å². The van der Waals surface area contributed by atoms with Gasteiger partial charge < -0.3 is 0 Å². The van der Waals surface area contributed by atoms with Gasteiger partial charge in [0, 0.05) is 18.0 Å². The fourth-order valence-electron chi connectivity index (χ4n) is 1.54. The number of fused-ring (bicyclic) bond motifs is 1. The molecule has 5 heteroatoms. The predicted octanol–water partition coefficient (Wildman–Crippen LogP) is 2.44. The maximum absolute atomic E-state index is 5.70. The average molecular weight is 231 g/mol. The molecule has 0 aliphatic heterocycles. The summed E-state index contributed by atoms with van der Waals surface area (Å²) in [7, 11) is 0. The van der Waals surface area contributed by atoms with Crippen LogP contribution in [0.1, 0.15) is 0 Å². The molecule has 16 heavy (non-hydrogen) atoms. The summed E-state index contributed by atoms with van der Waals surface area (Å²) in [5.41, 5.74) is 2.07. The van der Waals surface area contributed by atoms with Crippen LogP contribution in [0.25, 0.3) is 16.9 Å². The molecule has 0 amide bonds. The molecular weight excluding hydrogens is 224 g/mol. The number of aromatic nitrogens is 4. The lowest BCUT2D eigenvalue weighted by atomic mass is 10.1. The normalized spacial score (nSPS) is 10.8. The van der Waals surface area contributed by atoms with E-state index in [1.54, 1.807) is 10.7 Å². The minimum absolute atomic E-state index is 0.206. The van der Waals surface area contributed by atoms with E-state index in [1.807, 2.05) is 36.5 Å². The maximum Gasteiger partial charge on any atom is 0.253 e. The average Bonchev–Trinajstić information content (AvgIpc) is 2.69. The molecule has 0 N–H and O–H groups in total. The van der Waals surface area contributed by atoms with Crippen molar-refractivity contribution in [1.29, 1.82) is 0 Å². The molecule has 3 rings (SSSR count). The number of nitrogens with zero attached hydrogens (tertiary/aromatic N) is 4. The Bertz CT molecular complexity index is 633. The summed E-state index contributed by atoms with van der Waals surface area (Å²) >= 11 is 5.70. The van der Waals surface area contributed by atoms with E-state index in [4.69, 9.17) is 11.6 Å². The van der Waals surface area contributed by atoms with Crippen molar-refractivity contribution in [1.82, 2.24) is 19.6 Å². The Kier molecular flexibility index (Phi) is 2.08. The molecule has 2 heterocycles. The van der Waals surface area contributed by atoms with Gasteiger partial charge in [-0.05, 0) is 17.2 Å². The van der Waals surface area contributed by atoms with Gasteiger partial charge in [-0.25, -0.2) is 9.50 Å². The minimum Gasteiger partial charge on any atom is -0.219 e. The van der Waals surface area contributed by atoms with Crippen molar-refractivity contribution in [2.24, 2.45) is 0 Å². The first-order valence-corrected chi connectivity index (χ1v) is 5.14. The number of benzene rings is 1. The van der Waals surface area contributed by atoms with Crippen LogP contribution in [0.2, 0.25) is 5.28 Å². The maximum atomic E-state index is 5.70. The van der Waals surface area contributed by atoms with Crippen molar-refractivity contribution >= 4 is 17.4 Å². The predicted molar refractivity (Wildman–Crippen MR) is 61.2 cm³/mol. The Morgan fingerprint density at radius 2 is 1.88 bits per heavy atom. The highest BCUT2D eigenvalue weighted by molar-refractivity contribution is 6.28. The van der Waals surface area contributed by atoms with Crippen molar-refractivity contribution < 1.29 is 0 Å².